The molecule has 0 saturated carbocycles. The smallest absolute Gasteiger partial charge is 0.116 e. The summed E-state index contributed by atoms with van der Waals surface area (Å²) in [6, 6.07) is 7.41. The van der Waals surface area contributed by atoms with Gasteiger partial charge in [-0.25, -0.2) is 0 Å². The Labute approximate surface area is 88.3 Å². The predicted molar refractivity (Wildman–Crippen MR) is 57.8 cm³/mol. The summed E-state index contributed by atoms with van der Waals surface area (Å²) in [5.41, 5.74) is 0. The number of thioether (sulfide) groups is 1. The maximum atomic E-state index is 9.27. The molecule has 1 heterocycles. The fourth-order valence-corrected chi connectivity index (χ4v) is 2.57. The van der Waals surface area contributed by atoms with Crippen molar-refractivity contribution in [3.05, 3.63) is 24.3 Å². The van der Waals surface area contributed by atoms with E-state index in [0.29, 0.717) is 11.7 Å². The van der Waals surface area contributed by atoms with E-state index in [1.54, 1.807) is 23.9 Å². The molecule has 2 nitrogen and oxygen atoms in total. The summed E-state index contributed by atoms with van der Waals surface area (Å²) >= 11 is 1.79. The lowest BCUT2D eigenvalue weighted by Crippen LogP contribution is -2.01. The van der Waals surface area contributed by atoms with E-state index in [2.05, 4.69) is 0 Å². The second kappa shape index (κ2) is 4.71. The van der Waals surface area contributed by atoms with Crippen LogP contribution in [0.2, 0.25) is 0 Å². The summed E-state index contributed by atoms with van der Waals surface area (Å²) in [5.74, 6) is 2.11. The minimum atomic E-state index is 0.345. The van der Waals surface area contributed by atoms with Crippen molar-refractivity contribution in [1.82, 2.24) is 0 Å². The van der Waals surface area contributed by atoms with Crippen LogP contribution in [0.4, 0.5) is 0 Å². The van der Waals surface area contributed by atoms with Crippen molar-refractivity contribution in [3.8, 4) is 5.75 Å². The van der Waals surface area contributed by atoms with Gasteiger partial charge in [-0.3, -0.25) is 0 Å². The highest BCUT2D eigenvalue weighted by Gasteiger charge is 2.15. The van der Waals surface area contributed by atoms with E-state index in [1.807, 2.05) is 12.1 Å². The molecule has 1 aliphatic heterocycles. The average Bonchev–Trinajstić information content (AvgIpc) is 2.67. The molecule has 2 rings (SSSR count). The second-order valence-electron chi connectivity index (χ2n) is 3.54. The first kappa shape index (κ1) is 9.87. The van der Waals surface area contributed by atoms with Crippen LogP contribution >= 0.6 is 11.8 Å². The second-order valence-corrected chi connectivity index (χ2v) is 4.63. The van der Waals surface area contributed by atoms with Crippen molar-refractivity contribution in [2.75, 3.05) is 19.0 Å². The molecule has 0 aromatic heterocycles. The lowest BCUT2D eigenvalue weighted by molar-refractivity contribution is 0.189. The highest BCUT2D eigenvalue weighted by Crippen LogP contribution is 2.26. The van der Waals surface area contributed by atoms with Crippen LogP contribution in [0.1, 0.15) is 6.42 Å². The van der Waals surface area contributed by atoms with Gasteiger partial charge in [0.25, 0.3) is 0 Å². The fourth-order valence-electron chi connectivity index (χ4n) is 1.50. The van der Waals surface area contributed by atoms with Gasteiger partial charge in [-0.15, -0.1) is 11.8 Å². The van der Waals surface area contributed by atoms with Crippen LogP contribution in [-0.2, 0) is 4.74 Å². The number of phenols is 1. The van der Waals surface area contributed by atoms with Gasteiger partial charge < -0.3 is 9.84 Å². The van der Waals surface area contributed by atoms with Crippen molar-refractivity contribution >= 4 is 11.8 Å². The van der Waals surface area contributed by atoms with Crippen LogP contribution in [0.15, 0.2) is 29.2 Å². The molecule has 0 radical (unpaired) electrons. The summed E-state index contributed by atoms with van der Waals surface area (Å²) in [6.07, 6.45) is 1.17. The van der Waals surface area contributed by atoms with Crippen LogP contribution in [-0.4, -0.2) is 24.1 Å². The van der Waals surface area contributed by atoms with Gasteiger partial charge in [0.1, 0.15) is 5.75 Å². The number of phenolic OH excluding ortho intramolecular Hbond substituents is 1. The van der Waals surface area contributed by atoms with Crippen LogP contribution < -0.4 is 0 Å². The topological polar surface area (TPSA) is 29.5 Å². The monoisotopic (exact) mass is 210 g/mol. The summed E-state index contributed by atoms with van der Waals surface area (Å²) in [5, 5.41) is 9.27. The molecule has 14 heavy (non-hydrogen) atoms. The van der Waals surface area contributed by atoms with Crippen molar-refractivity contribution in [3.63, 3.8) is 0 Å². The van der Waals surface area contributed by atoms with E-state index < -0.39 is 0 Å². The van der Waals surface area contributed by atoms with E-state index in [0.717, 1.165) is 23.9 Å². The lowest BCUT2D eigenvalue weighted by Gasteiger charge is -2.06. The maximum Gasteiger partial charge on any atom is 0.116 e. The molecular formula is C11H14O2S. The van der Waals surface area contributed by atoms with Crippen molar-refractivity contribution < 1.29 is 9.84 Å². The predicted octanol–water partition coefficient (Wildman–Crippen LogP) is 2.52. The van der Waals surface area contributed by atoms with Gasteiger partial charge >= 0.3 is 0 Å². The number of aromatic hydroxyl groups is 1. The molecule has 0 aliphatic carbocycles. The van der Waals surface area contributed by atoms with E-state index in [9.17, 15) is 5.11 Å². The molecule has 3 heteroatoms. The van der Waals surface area contributed by atoms with Crippen LogP contribution in [0.5, 0.6) is 5.75 Å². The van der Waals surface area contributed by atoms with E-state index in [-0.39, 0.29) is 0 Å². The molecule has 0 bridgehead atoms. The van der Waals surface area contributed by atoms with E-state index in [1.165, 1.54) is 6.42 Å². The van der Waals surface area contributed by atoms with Crippen molar-refractivity contribution in [1.29, 1.82) is 0 Å². The number of hydrogen-bond donors (Lipinski definition) is 1. The van der Waals surface area contributed by atoms with E-state index >= 15 is 0 Å². The minimum absolute atomic E-state index is 0.345. The Morgan fingerprint density at radius 3 is 3.14 bits per heavy atom. The van der Waals surface area contributed by atoms with Gasteiger partial charge in [-0.05, 0) is 30.5 Å². The molecule has 1 aromatic carbocycles. The van der Waals surface area contributed by atoms with Crippen LogP contribution in [0.3, 0.4) is 0 Å². The Hall–Kier alpha value is -0.670. The van der Waals surface area contributed by atoms with Crippen LogP contribution in [0, 0.1) is 5.92 Å². The Morgan fingerprint density at radius 1 is 1.50 bits per heavy atom. The van der Waals surface area contributed by atoms with Crippen molar-refractivity contribution in [2.24, 2.45) is 5.92 Å². The molecule has 1 aromatic rings. The molecule has 1 atom stereocenters. The Kier molecular flexibility index (Phi) is 3.32. The van der Waals surface area contributed by atoms with Gasteiger partial charge in [-0.2, -0.15) is 0 Å². The zero-order chi connectivity index (χ0) is 9.80. The van der Waals surface area contributed by atoms with Gasteiger partial charge in [0.05, 0.1) is 6.61 Å². The number of ether oxygens (including phenoxy) is 1. The Bertz CT molecular complexity index is 295. The Balaban J connectivity index is 1.85. The third-order valence-corrected chi connectivity index (χ3v) is 3.55. The largest absolute Gasteiger partial charge is 0.508 e. The molecule has 1 unspecified atom stereocenters. The summed E-state index contributed by atoms with van der Waals surface area (Å²) < 4.78 is 5.31. The van der Waals surface area contributed by atoms with Gasteiger partial charge in [-0.1, -0.05) is 6.07 Å². The molecule has 1 aliphatic rings. The first-order chi connectivity index (χ1) is 6.84. The SMILES string of the molecule is Oc1cccc(SCC2CCOC2)c1. The standard InChI is InChI=1S/C11H14O2S/c12-10-2-1-3-11(6-10)14-8-9-4-5-13-7-9/h1-3,6,9,12H,4-5,7-8H2. The number of hydrogen-bond acceptors (Lipinski definition) is 3. The minimum Gasteiger partial charge on any atom is -0.508 e. The first-order valence-corrected chi connectivity index (χ1v) is 5.83. The normalized spacial score (nSPS) is 21.3. The first-order valence-electron chi connectivity index (χ1n) is 4.84. The molecule has 1 N–H and O–H groups in total. The van der Waals surface area contributed by atoms with Gasteiger partial charge in [0.2, 0.25) is 0 Å². The van der Waals surface area contributed by atoms with Crippen LogP contribution in [0.25, 0.3) is 0 Å². The average molecular weight is 210 g/mol. The molecule has 1 fully saturated rings. The summed E-state index contributed by atoms with van der Waals surface area (Å²) in [4.78, 5) is 1.14. The molecule has 0 amide bonds. The van der Waals surface area contributed by atoms with Gasteiger partial charge in [0.15, 0.2) is 0 Å². The molecular weight excluding hydrogens is 196 g/mol. The third kappa shape index (κ3) is 2.66. The zero-order valence-corrected chi connectivity index (χ0v) is 8.80. The maximum absolute atomic E-state index is 9.27. The summed E-state index contributed by atoms with van der Waals surface area (Å²) in [6.45, 7) is 1.80. The van der Waals surface area contributed by atoms with E-state index in [4.69, 9.17) is 4.74 Å². The molecule has 1 saturated heterocycles. The zero-order valence-electron chi connectivity index (χ0n) is 7.98. The molecule has 76 valence electrons. The lowest BCUT2D eigenvalue weighted by atomic mass is 10.2. The number of benzene rings is 1. The van der Waals surface area contributed by atoms with Gasteiger partial charge in [0, 0.05) is 17.3 Å². The quantitative estimate of drug-likeness (QED) is 0.777. The highest BCUT2D eigenvalue weighted by molar-refractivity contribution is 7.99. The fraction of sp³-hybridized carbons (Fsp3) is 0.455. The number of rotatable bonds is 3. The molecule has 0 spiro atoms. The third-order valence-electron chi connectivity index (χ3n) is 2.33. The van der Waals surface area contributed by atoms with Crippen molar-refractivity contribution in [2.45, 2.75) is 11.3 Å². The Morgan fingerprint density at radius 2 is 2.43 bits per heavy atom. The highest BCUT2D eigenvalue weighted by atomic mass is 32.2. The summed E-state index contributed by atoms with van der Waals surface area (Å²) in [7, 11) is 0.